The molecule has 17 heavy (non-hydrogen) atoms. The van der Waals surface area contributed by atoms with Gasteiger partial charge >= 0.3 is 0 Å². The molecule has 4 heteroatoms. The van der Waals surface area contributed by atoms with Crippen LogP contribution in [0.25, 0.3) is 0 Å². The van der Waals surface area contributed by atoms with Crippen LogP contribution < -0.4 is 10.6 Å². The summed E-state index contributed by atoms with van der Waals surface area (Å²) in [5.74, 6) is 0.0749. The van der Waals surface area contributed by atoms with E-state index < -0.39 is 0 Å². The maximum Gasteiger partial charge on any atom is 0.237 e. The normalized spacial score (nSPS) is 25.3. The largest absolute Gasteiger partial charge is 0.394 e. The first-order valence-corrected chi connectivity index (χ1v) is 6.84. The Hall–Kier alpha value is -0.610. The fourth-order valence-electron chi connectivity index (χ4n) is 2.66. The van der Waals surface area contributed by atoms with E-state index in [0.717, 1.165) is 38.5 Å². The van der Waals surface area contributed by atoms with Gasteiger partial charge in [-0.15, -0.1) is 0 Å². The zero-order chi connectivity index (χ0) is 12.3. The Bertz CT molecular complexity index is 271. The van der Waals surface area contributed by atoms with Crippen molar-refractivity contribution in [1.82, 2.24) is 10.6 Å². The Kier molecular flexibility index (Phi) is 4.05. The number of rotatable bonds is 5. The third-order valence-electron chi connectivity index (χ3n) is 3.95. The van der Waals surface area contributed by atoms with Gasteiger partial charge in [-0.1, -0.05) is 19.3 Å². The molecule has 2 fully saturated rings. The van der Waals surface area contributed by atoms with Crippen molar-refractivity contribution in [2.45, 2.75) is 69.5 Å². The summed E-state index contributed by atoms with van der Waals surface area (Å²) in [6.07, 6.45) is 7.71. The molecular weight excluding hydrogens is 216 g/mol. The van der Waals surface area contributed by atoms with E-state index in [4.69, 9.17) is 0 Å². The van der Waals surface area contributed by atoms with Gasteiger partial charge in [0.2, 0.25) is 5.91 Å². The molecule has 1 unspecified atom stereocenters. The van der Waals surface area contributed by atoms with Gasteiger partial charge in [-0.05, 0) is 32.6 Å². The maximum atomic E-state index is 11.9. The number of carbonyl (C=O) groups excluding carboxylic acids is 1. The monoisotopic (exact) mass is 240 g/mol. The zero-order valence-corrected chi connectivity index (χ0v) is 10.7. The van der Waals surface area contributed by atoms with Crippen LogP contribution in [0, 0.1) is 0 Å². The van der Waals surface area contributed by atoms with Crippen molar-refractivity contribution in [3.8, 4) is 0 Å². The third-order valence-corrected chi connectivity index (χ3v) is 3.95. The first kappa shape index (κ1) is 12.8. The molecule has 0 aromatic heterocycles. The Morgan fingerprint density at radius 3 is 2.53 bits per heavy atom. The Balaban J connectivity index is 1.85. The molecule has 0 radical (unpaired) electrons. The summed E-state index contributed by atoms with van der Waals surface area (Å²) < 4.78 is 0. The van der Waals surface area contributed by atoms with Crippen LogP contribution >= 0.6 is 0 Å². The van der Waals surface area contributed by atoms with Crippen LogP contribution in [0.2, 0.25) is 0 Å². The summed E-state index contributed by atoms with van der Waals surface area (Å²) in [5, 5.41) is 15.9. The van der Waals surface area contributed by atoms with E-state index in [2.05, 4.69) is 10.6 Å². The van der Waals surface area contributed by atoms with Gasteiger partial charge in [0, 0.05) is 11.6 Å². The SMILES string of the molecule is CC(NC1(CO)CCCCC1)C(=O)NC1CC1. The van der Waals surface area contributed by atoms with Gasteiger partial charge in [-0.2, -0.15) is 0 Å². The summed E-state index contributed by atoms with van der Waals surface area (Å²) in [7, 11) is 0. The van der Waals surface area contributed by atoms with Gasteiger partial charge in [0.25, 0.3) is 0 Å². The first-order chi connectivity index (χ1) is 8.15. The lowest BCUT2D eigenvalue weighted by atomic mass is 9.82. The summed E-state index contributed by atoms with van der Waals surface area (Å²) in [5.41, 5.74) is -0.224. The topological polar surface area (TPSA) is 61.4 Å². The standard InChI is InChI=1S/C13H24N2O2/c1-10(12(17)14-11-5-6-11)15-13(9-16)7-3-2-4-8-13/h10-11,15-16H,2-9H2,1H3,(H,14,17). The molecule has 1 amide bonds. The Morgan fingerprint density at radius 2 is 2.00 bits per heavy atom. The average molecular weight is 240 g/mol. The number of hydrogen-bond acceptors (Lipinski definition) is 3. The van der Waals surface area contributed by atoms with E-state index >= 15 is 0 Å². The summed E-state index contributed by atoms with van der Waals surface area (Å²) in [6, 6.07) is 0.198. The van der Waals surface area contributed by atoms with Gasteiger partial charge in [-0.3, -0.25) is 10.1 Å². The molecule has 3 N–H and O–H groups in total. The van der Waals surface area contributed by atoms with Gasteiger partial charge in [0.1, 0.15) is 0 Å². The highest BCUT2D eigenvalue weighted by atomic mass is 16.3. The molecule has 2 aliphatic rings. The van der Waals surface area contributed by atoms with E-state index in [0.29, 0.717) is 6.04 Å². The molecule has 0 aromatic carbocycles. The second kappa shape index (κ2) is 5.36. The van der Waals surface area contributed by atoms with E-state index in [1.165, 1.54) is 6.42 Å². The van der Waals surface area contributed by atoms with Crippen molar-refractivity contribution in [3.05, 3.63) is 0 Å². The minimum Gasteiger partial charge on any atom is -0.394 e. The summed E-state index contributed by atoms with van der Waals surface area (Å²) in [4.78, 5) is 11.9. The predicted octanol–water partition coefficient (Wildman–Crippen LogP) is 0.938. The predicted molar refractivity (Wildman–Crippen MR) is 66.7 cm³/mol. The molecule has 2 saturated carbocycles. The second-order valence-corrected chi connectivity index (χ2v) is 5.65. The third kappa shape index (κ3) is 3.42. The zero-order valence-electron chi connectivity index (χ0n) is 10.7. The van der Waals surface area contributed by atoms with Gasteiger partial charge in [0.15, 0.2) is 0 Å². The Morgan fingerprint density at radius 1 is 1.35 bits per heavy atom. The number of aliphatic hydroxyl groups is 1. The lowest BCUT2D eigenvalue weighted by molar-refractivity contribution is -0.123. The molecule has 2 aliphatic carbocycles. The Labute approximate surface area is 103 Å². The molecule has 0 saturated heterocycles. The van der Waals surface area contributed by atoms with Gasteiger partial charge in [0.05, 0.1) is 12.6 Å². The van der Waals surface area contributed by atoms with E-state index in [1.54, 1.807) is 0 Å². The van der Waals surface area contributed by atoms with Crippen LogP contribution in [0.3, 0.4) is 0 Å². The molecular formula is C13H24N2O2. The quantitative estimate of drug-likeness (QED) is 0.670. The number of nitrogens with one attached hydrogen (secondary N) is 2. The smallest absolute Gasteiger partial charge is 0.237 e. The van der Waals surface area contributed by atoms with Crippen molar-refractivity contribution < 1.29 is 9.90 Å². The van der Waals surface area contributed by atoms with Crippen LogP contribution in [-0.4, -0.2) is 35.2 Å². The van der Waals surface area contributed by atoms with Crippen LogP contribution in [-0.2, 0) is 4.79 Å². The van der Waals surface area contributed by atoms with E-state index in [-0.39, 0.29) is 24.1 Å². The molecule has 2 rings (SSSR count). The number of amides is 1. The van der Waals surface area contributed by atoms with Crippen LogP contribution in [0.1, 0.15) is 51.9 Å². The van der Waals surface area contributed by atoms with Gasteiger partial charge < -0.3 is 10.4 Å². The van der Waals surface area contributed by atoms with Gasteiger partial charge in [-0.25, -0.2) is 0 Å². The van der Waals surface area contributed by atoms with Crippen LogP contribution in [0.5, 0.6) is 0 Å². The maximum absolute atomic E-state index is 11.9. The van der Waals surface area contributed by atoms with Crippen molar-refractivity contribution in [2.24, 2.45) is 0 Å². The minimum absolute atomic E-state index is 0.0749. The van der Waals surface area contributed by atoms with Crippen molar-refractivity contribution in [2.75, 3.05) is 6.61 Å². The second-order valence-electron chi connectivity index (χ2n) is 5.65. The summed E-state index contributed by atoms with van der Waals surface area (Å²) >= 11 is 0. The minimum atomic E-state index is -0.224. The lowest BCUT2D eigenvalue weighted by Crippen LogP contribution is -2.57. The molecule has 0 heterocycles. The van der Waals surface area contributed by atoms with Crippen molar-refractivity contribution in [1.29, 1.82) is 0 Å². The summed E-state index contributed by atoms with van der Waals surface area (Å²) in [6.45, 7) is 2.03. The molecule has 98 valence electrons. The molecule has 0 spiro atoms. The lowest BCUT2D eigenvalue weighted by Gasteiger charge is -2.38. The molecule has 0 bridgehead atoms. The van der Waals surface area contributed by atoms with Crippen molar-refractivity contribution in [3.63, 3.8) is 0 Å². The highest BCUT2D eigenvalue weighted by molar-refractivity contribution is 5.81. The van der Waals surface area contributed by atoms with E-state index in [9.17, 15) is 9.90 Å². The highest BCUT2D eigenvalue weighted by Crippen LogP contribution is 2.28. The fourth-order valence-corrected chi connectivity index (χ4v) is 2.66. The fraction of sp³-hybridized carbons (Fsp3) is 0.923. The molecule has 0 aromatic rings. The molecule has 4 nitrogen and oxygen atoms in total. The molecule has 0 aliphatic heterocycles. The highest BCUT2D eigenvalue weighted by Gasteiger charge is 2.34. The number of aliphatic hydroxyl groups excluding tert-OH is 1. The average Bonchev–Trinajstić information content (AvgIpc) is 3.14. The number of carbonyl (C=O) groups is 1. The number of hydrogen-bond donors (Lipinski definition) is 3. The first-order valence-electron chi connectivity index (χ1n) is 6.84. The van der Waals surface area contributed by atoms with Crippen LogP contribution in [0.4, 0.5) is 0 Å². The van der Waals surface area contributed by atoms with Crippen molar-refractivity contribution >= 4 is 5.91 Å². The van der Waals surface area contributed by atoms with Crippen LogP contribution in [0.15, 0.2) is 0 Å². The van der Waals surface area contributed by atoms with E-state index in [1.807, 2.05) is 6.92 Å². The molecule has 1 atom stereocenters.